The highest BCUT2D eigenvalue weighted by Gasteiger charge is 2.15. The predicted octanol–water partition coefficient (Wildman–Crippen LogP) is 2.56. The second-order valence-electron chi connectivity index (χ2n) is 3.93. The summed E-state index contributed by atoms with van der Waals surface area (Å²) in [4.78, 5) is 15.3. The van der Waals surface area contributed by atoms with Crippen LogP contribution in [0.5, 0.6) is 5.88 Å². The molecule has 2 rings (SSSR count). The Morgan fingerprint density at radius 2 is 2.06 bits per heavy atom. The molecule has 88 valence electrons. The normalized spacial score (nSPS) is 10.5. The van der Waals surface area contributed by atoms with Crippen molar-refractivity contribution in [3.8, 4) is 5.88 Å². The summed E-state index contributed by atoms with van der Waals surface area (Å²) >= 11 is 0. The Morgan fingerprint density at radius 1 is 1.35 bits per heavy atom. The average Bonchev–Trinajstić information content (AvgIpc) is 2.32. The van der Waals surface area contributed by atoms with Crippen molar-refractivity contribution in [2.45, 2.75) is 13.8 Å². The Hall–Kier alpha value is -2.10. The van der Waals surface area contributed by atoms with Gasteiger partial charge in [-0.05, 0) is 31.0 Å². The Kier molecular flexibility index (Phi) is 2.71. The van der Waals surface area contributed by atoms with Gasteiger partial charge < -0.3 is 9.84 Å². The summed E-state index contributed by atoms with van der Waals surface area (Å²) in [5.41, 5.74) is 3.03. The van der Waals surface area contributed by atoms with Crippen molar-refractivity contribution >= 4 is 16.9 Å². The van der Waals surface area contributed by atoms with Gasteiger partial charge >= 0.3 is 5.97 Å². The fraction of sp³-hybridized carbons (Fsp3) is 0.231. The number of hydrogen-bond acceptors (Lipinski definition) is 3. The minimum absolute atomic E-state index is 0.0863. The Morgan fingerprint density at radius 3 is 2.65 bits per heavy atom. The first kappa shape index (κ1) is 11.4. The van der Waals surface area contributed by atoms with Gasteiger partial charge in [0.2, 0.25) is 5.88 Å². The van der Waals surface area contributed by atoms with Crippen LogP contribution in [-0.2, 0) is 0 Å². The summed E-state index contributed by atoms with van der Waals surface area (Å²) in [5, 5.41) is 9.87. The number of aryl methyl sites for hydroxylation is 2. The lowest BCUT2D eigenvalue weighted by atomic mass is 10.0. The van der Waals surface area contributed by atoms with Crippen LogP contribution in [0.2, 0.25) is 0 Å². The van der Waals surface area contributed by atoms with E-state index in [0.29, 0.717) is 0 Å². The van der Waals surface area contributed by atoms with Gasteiger partial charge in [-0.25, -0.2) is 9.78 Å². The van der Waals surface area contributed by atoms with E-state index in [2.05, 4.69) is 4.98 Å². The van der Waals surface area contributed by atoms with E-state index in [1.54, 1.807) is 6.07 Å². The van der Waals surface area contributed by atoms with Crippen molar-refractivity contribution in [1.82, 2.24) is 4.98 Å². The van der Waals surface area contributed by atoms with Gasteiger partial charge in [-0.15, -0.1) is 0 Å². The largest absolute Gasteiger partial charge is 0.480 e. The van der Waals surface area contributed by atoms with Crippen LogP contribution in [0.15, 0.2) is 18.2 Å². The summed E-state index contributed by atoms with van der Waals surface area (Å²) in [7, 11) is 1.42. The van der Waals surface area contributed by atoms with Gasteiger partial charge in [0.15, 0.2) is 0 Å². The van der Waals surface area contributed by atoms with Gasteiger partial charge in [-0.1, -0.05) is 12.1 Å². The molecule has 0 saturated carbocycles. The molecule has 17 heavy (non-hydrogen) atoms. The van der Waals surface area contributed by atoms with E-state index in [0.717, 1.165) is 22.0 Å². The van der Waals surface area contributed by atoms with Crippen LogP contribution >= 0.6 is 0 Å². The molecule has 0 aliphatic heterocycles. The van der Waals surface area contributed by atoms with Crippen LogP contribution in [0.1, 0.15) is 21.5 Å². The molecule has 0 amide bonds. The molecular formula is C13H13NO3. The fourth-order valence-electron chi connectivity index (χ4n) is 1.77. The maximum atomic E-state index is 11.1. The smallest absolute Gasteiger partial charge is 0.341 e. The van der Waals surface area contributed by atoms with Gasteiger partial charge in [0.05, 0.1) is 12.6 Å². The number of aromatic nitrogens is 1. The van der Waals surface area contributed by atoms with Crippen LogP contribution in [0.3, 0.4) is 0 Å². The molecule has 0 spiro atoms. The zero-order chi connectivity index (χ0) is 12.6. The third kappa shape index (κ3) is 1.82. The Bertz CT molecular complexity index is 605. The number of benzene rings is 1. The molecule has 1 heterocycles. The molecule has 0 radical (unpaired) electrons. The number of carboxylic acid groups (broad SMARTS) is 1. The van der Waals surface area contributed by atoms with Gasteiger partial charge in [0.25, 0.3) is 0 Å². The van der Waals surface area contributed by atoms with Crippen LogP contribution in [0.4, 0.5) is 0 Å². The first-order valence-electron chi connectivity index (χ1n) is 5.23. The molecular weight excluding hydrogens is 218 g/mol. The molecule has 0 aliphatic rings. The average molecular weight is 231 g/mol. The van der Waals surface area contributed by atoms with Gasteiger partial charge in [0, 0.05) is 5.39 Å². The van der Waals surface area contributed by atoms with Crippen LogP contribution in [-0.4, -0.2) is 23.2 Å². The molecule has 0 fully saturated rings. The minimum atomic E-state index is -1.03. The van der Waals surface area contributed by atoms with E-state index in [1.807, 2.05) is 26.0 Å². The number of hydrogen-bond donors (Lipinski definition) is 1. The van der Waals surface area contributed by atoms with E-state index in [4.69, 9.17) is 9.84 Å². The molecule has 1 N–H and O–H groups in total. The SMILES string of the molecule is COc1nc2c(C)c(C)ccc2cc1C(=O)O. The summed E-state index contributed by atoms with van der Waals surface area (Å²) < 4.78 is 5.02. The molecule has 2 aromatic rings. The lowest BCUT2D eigenvalue weighted by Crippen LogP contribution is -2.03. The van der Waals surface area contributed by atoms with Crippen LogP contribution in [0, 0.1) is 13.8 Å². The predicted molar refractivity (Wildman–Crippen MR) is 64.7 cm³/mol. The first-order valence-corrected chi connectivity index (χ1v) is 5.23. The molecule has 0 atom stereocenters. The van der Waals surface area contributed by atoms with E-state index in [9.17, 15) is 4.79 Å². The number of fused-ring (bicyclic) bond motifs is 1. The molecule has 1 aromatic heterocycles. The molecule has 0 unspecified atom stereocenters. The fourth-order valence-corrected chi connectivity index (χ4v) is 1.77. The summed E-state index contributed by atoms with van der Waals surface area (Å²) in [6, 6.07) is 5.42. The van der Waals surface area contributed by atoms with Crippen LogP contribution in [0.25, 0.3) is 10.9 Å². The number of ether oxygens (including phenoxy) is 1. The number of nitrogens with zero attached hydrogens (tertiary/aromatic N) is 1. The lowest BCUT2D eigenvalue weighted by Gasteiger charge is -2.09. The molecule has 0 bridgehead atoms. The van der Waals surface area contributed by atoms with Crippen LogP contribution < -0.4 is 4.74 Å². The molecule has 0 saturated heterocycles. The maximum Gasteiger partial charge on any atom is 0.341 e. The van der Waals surface area contributed by atoms with Gasteiger partial charge in [-0.2, -0.15) is 0 Å². The summed E-state index contributed by atoms with van der Waals surface area (Å²) in [6.07, 6.45) is 0. The van der Waals surface area contributed by atoms with E-state index in [-0.39, 0.29) is 11.4 Å². The summed E-state index contributed by atoms with van der Waals surface area (Å²) in [6.45, 7) is 3.96. The Balaban J connectivity index is 2.83. The van der Waals surface area contributed by atoms with Crippen molar-refractivity contribution in [3.63, 3.8) is 0 Å². The van der Waals surface area contributed by atoms with Gasteiger partial charge in [-0.3, -0.25) is 0 Å². The minimum Gasteiger partial charge on any atom is -0.480 e. The molecule has 4 nitrogen and oxygen atoms in total. The van der Waals surface area contributed by atoms with E-state index < -0.39 is 5.97 Å². The standard InChI is InChI=1S/C13H13NO3/c1-7-4-5-9-6-10(13(15)16)12(17-3)14-11(9)8(7)2/h4-6H,1-3H3,(H,15,16). The quantitative estimate of drug-likeness (QED) is 0.862. The van der Waals surface area contributed by atoms with Crippen molar-refractivity contribution in [1.29, 1.82) is 0 Å². The second kappa shape index (κ2) is 4.05. The maximum absolute atomic E-state index is 11.1. The number of aromatic carboxylic acids is 1. The van der Waals surface area contributed by atoms with E-state index >= 15 is 0 Å². The first-order chi connectivity index (χ1) is 8.04. The third-order valence-electron chi connectivity index (χ3n) is 2.90. The third-order valence-corrected chi connectivity index (χ3v) is 2.90. The number of carbonyl (C=O) groups is 1. The zero-order valence-corrected chi connectivity index (χ0v) is 9.94. The van der Waals surface area contributed by atoms with Crippen molar-refractivity contribution in [2.24, 2.45) is 0 Å². The van der Waals surface area contributed by atoms with Crippen molar-refractivity contribution in [2.75, 3.05) is 7.11 Å². The lowest BCUT2D eigenvalue weighted by molar-refractivity contribution is 0.0692. The van der Waals surface area contributed by atoms with Crippen molar-refractivity contribution in [3.05, 3.63) is 34.9 Å². The molecule has 1 aromatic carbocycles. The monoisotopic (exact) mass is 231 g/mol. The zero-order valence-electron chi connectivity index (χ0n) is 9.94. The highest BCUT2D eigenvalue weighted by atomic mass is 16.5. The van der Waals surface area contributed by atoms with Gasteiger partial charge in [0.1, 0.15) is 5.56 Å². The number of methoxy groups -OCH3 is 1. The topological polar surface area (TPSA) is 59.4 Å². The summed E-state index contributed by atoms with van der Waals surface area (Å²) in [5.74, 6) is -0.881. The van der Waals surface area contributed by atoms with E-state index in [1.165, 1.54) is 7.11 Å². The molecule has 0 aliphatic carbocycles. The van der Waals surface area contributed by atoms with Crippen molar-refractivity contribution < 1.29 is 14.6 Å². The number of pyridine rings is 1. The Labute approximate surface area is 98.9 Å². The highest BCUT2D eigenvalue weighted by Crippen LogP contribution is 2.25. The highest BCUT2D eigenvalue weighted by molar-refractivity contribution is 5.96. The number of rotatable bonds is 2. The second-order valence-corrected chi connectivity index (χ2v) is 3.93. The molecule has 4 heteroatoms. The number of carboxylic acids is 1.